The van der Waals surface area contributed by atoms with Crippen LogP contribution in [0.4, 0.5) is 11.8 Å². The van der Waals surface area contributed by atoms with Crippen LogP contribution in [0.25, 0.3) is 11.0 Å². The van der Waals surface area contributed by atoms with Gasteiger partial charge in [0.15, 0.2) is 5.65 Å². The summed E-state index contributed by atoms with van der Waals surface area (Å²) in [7, 11) is 1.78. The Kier molecular flexibility index (Phi) is 2.97. The molecule has 3 rings (SSSR count). The molecule has 0 aliphatic carbocycles. The maximum atomic E-state index is 4.39. The molecule has 0 atom stereocenters. The maximum absolute atomic E-state index is 4.39. The van der Waals surface area contributed by atoms with Crippen molar-refractivity contribution in [1.29, 1.82) is 0 Å². The Hall–Kier alpha value is -2.64. The van der Waals surface area contributed by atoms with Crippen molar-refractivity contribution in [3.8, 4) is 0 Å². The topological polar surface area (TPSA) is 96.3 Å². The zero-order chi connectivity index (χ0) is 13.1. The Balaban J connectivity index is 1.77. The summed E-state index contributed by atoms with van der Waals surface area (Å²) in [6.07, 6.45) is 7.19. The van der Waals surface area contributed by atoms with Crippen LogP contribution >= 0.6 is 0 Å². The molecule has 0 aliphatic heterocycles. The average Bonchev–Trinajstić information content (AvgIpc) is 3.08. The molecule has 0 spiro atoms. The predicted octanol–water partition coefficient (Wildman–Crippen LogP) is 0.703. The Bertz CT molecular complexity index is 656. The van der Waals surface area contributed by atoms with E-state index in [0.29, 0.717) is 11.6 Å². The standard InChI is InChI=1S/C11H14N8/c1-12-11-16-9(8-6-15-18-10(8)17-11)14-3-5-19-4-2-13-7-19/h2,4,6-7H,3,5H2,1H3,(H3,12,14,15,16,17,18). The first kappa shape index (κ1) is 11.5. The van der Waals surface area contributed by atoms with E-state index in [9.17, 15) is 0 Å². The second-order valence-corrected chi connectivity index (χ2v) is 4.01. The third kappa shape index (κ3) is 2.32. The maximum Gasteiger partial charge on any atom is 0.226 e. The fourth-order valence-electron chi connectivity index (χ4n) is 1.80. The summed E-state index contributed by atoms with van der Waals surface area (Å²) >= 11 is 0. The molecule has 8 heteroatoms. The first-order chi connectivity index (χ1) is 9.36. The monoisotopic (exact) mass is 258 g/mol. The van der Waals surface area contributed by atoms with Crippen molar-refractivity contribution in [1.82, 2.24) is 29.7 Å². The highest BCUT2D eigenvalue weighted by atomic mass is 15.2. The van der Waals surface area contributed by atoms with E-state index in [-0.39, 0.29) is 0 Å². The number of hydrogen-bond donors (Lipinski definition) is 3. The number of aromatic amines is 1. The van der Waals surface area contributed by atoms with Gasteiger partial charge in [0.2, 0.25) is 5.95 Å². The van der Waals surface area contributed by atoms with Crippen LogP contribution in [0.5, 0.6) is 0 Å². The second-order valence-electron chi connectivity index (χ2n) is 4.01. The molecule has 98 valence electrons. The quantitative estimate of drug-likeness (QED) is 0.623. The van der Waals surface area contributed by atoms with Gasteiger partial charge in [-0.2, -0.15) is 15.1 Å². The van der Waals surface area contributed by atoms with Crippen molar-refractivity contribution in [2.24, 2.45) is 0 Å². The van der Waals surface area contributed by atoms with Crippen LogP contribution in [0.1, 0.15) is 0 Å². The molecule has 3 heterocycles. The molecule has 19 heavy (non-hydrogen) atoms. The summed E-state index contributed by atoms with van der Waals surface area (Å²) < 4.78 is 2.00. The molecule has 3 aromatic rings. The van der Waals surface area contributed by atoms with Gasteiger partial charge in [0.1, 0.15) is 5.82 Å². The van der Waals surface area contributed by atoms with E-state index in [1.165, 1.54) is 0 Å². The van der Waals surface area contributed by atoms with Gasteiger partial charge in [0, 0.05) is 32.5 Å². The Morgan fingerprint density at radius 1 is 1.37 bits per heavy atom. The molecule has 0 aromatic carbocycles. The number of nitrogens with one attached hydrogen (secondary N) is 3. The molecule has 0 fully saturated rings. The zero-order valence-corrected chi connectivity index (χ0v) is 10.5. The minimum absolute atomic E-state index is 0.557. The number of imidazole rings is 1. The smallest absolute Gasteiger partial charge is 0.226 e. The largest absolute Gasteiger partial charge is 0.367 e. The van der Waals surface area contributed by atoms with E-state index in [2.05, 4.69) is 35.8 Å². The first-order valence-electron chi connectivity index (χ1n) is 5.95. The van der Waals surface area contributed by atoms with Gasteiger partial charge in [-0.05, 0) is 0 Å². The Morgan fingerprint density at radius 3 is 3.11 bits per heavy atom. The lowest BCUT2D eigenvalue weighted by Gasteiger charge is -2.08. The highest BCUT2D eigenvalue weighted by Crippen LogP contribution is 2.19. The fourth-order valence-corrected chi connectivity index (χ4v) is 1.80. The summed E-state index contributed by atoms with van der Waals surface area (Å²) in [4.78, 5) is 12.7. The molecule has 3 aromatic heterocycles. The zero-order valence-electron chi connectivity index (χ0n) is 10.5. The van der Waals surface area contributed by atoms with E-state index >= 15 is 0 Å². The highest BCUT2D eigenvalue weighted by Gasteiger charge is 2.08. The molecule has 0 unspecified atom stereocenters. The van der Waals surface area contributed by atoms with Crippen molar-refractivity contribution < 1.29 is 0 Å². The molecule has 3 N–H and O–H groups in total. The third-order valence-corrected chi connectivity index (χ3v) is 2.75. The molecular weight excluding hydrogens is 244 g/mol. The van der Waals surface area contributed by atoms with Crippen LogP contribution < -0.4 is 10.6 Å². The van der Waals surface area contributed by atoms with Gasteiger partial charge in [-0.3, -0.25) is 5.10 Å². The number of aromatic nitrogens is 6. The summed E-state index contributed by atoms with van der Waals surface area (Å²) in [5.41, 5.74) is 0.712. The van der Waals surface area contributed by atoms with Crippen molar-refractivity contribution in [3.63, 3.8) is 0 Å². The molecule has 8 nitrogen and oxygen atoms in total. The average molecular weight is 258 g/mol. The summed E-state index contributed by atoms with van der Waals surface area (Å²) in [6.45, 7) is 1.56. The number of hydrogen-bond acceptors (Lipinski definition) is 6. The van der Waals surface area contributed by atoms with Crippen LogP contribution in [-0.4, -0.2) is 43.3 Å². The highest BCUT2D eigenvalue weighted by molar-refractivity contribution is 5.86. The van der Waals surface area contributed by atoms with Crippen LogP contribution in [0.2, 0.25) is 0 Å². The number of fused-ring (bicyclic) bond motifs is 1. The molecule has 0 amide bonds. The van der Waals surface area contributed by atoms with E-state index in [1.807, 2.05) is 10.8 Å². The minimum Gasteiger partial charge on any atom is -0.367 e. The molecule has 0 saturated heterocycles. The van der Waals surface area contributed by atoms with E-state index in [1.54, 1.807) is 25.8 Å². The van der Waals surface area contributed by atoms with Crippen molar-refractivity contribution in [2.45, 2.75) is 6.54 Å². The lowest BCUT2D eigenvalue weighted by atomic mass is 10.4. The SMILES string of the molecule is CNc1nc(NCCn2ccnc2)c2cn[nH]c2n1. The summed E-state index contributed by atoms with van der Waals surface area (Å²) in [6, 6.07) is 0. The third-order valence-electron chi connectivity index (χ3n) is 2.75. The van der Waals surface area contributed by atoms with Gasteiger partial charge in [0.25, 0.3) is 0 Å². The number of H-pyrrole nitrogens is 1. The molecule has 0 saturated carbocycles. The predicted molar refractivity (Wildman–Crippen MR) is 71.9 cm³/mol. The van der Waals surface area contributed by atoms with Crippen LogP contribution in [-0.2, 0) is 6.54 Å². The van der Waals surface area contributed by atoms with E-state index in [0.717, 1.165) is 24.3 Å². The van der Waals surface area contributed by atoms with Gasteiger partial charge in [0.05, 0.1) is 17.9 Å². The number of nitrogens with zero attached hydrogens (tertiary/aromatic N) is 5. The van der Waals surface area contributed by atoms with E-state index < -0.39 is 0 Å². The summed E-state index contributed by atoms with van der Waals surface area (Å²) in [5.74, 6) is 1.32. The first-order valence-corrected chi connectivity index (χ1v) is 5.95. The number of anilines is 2. The van der Waals surface area contributed by atoms with Gasteiger partial charge in [-0.15, -0.1) is 0 Å². The van der Waals surface area contributed by atoms with Crippen molar-refractivity contribution in [2.75, 3.05) is 24.2 Å². The van der Waals surface area contributed by atoms with Gasteiger partial charge >= 0.3 is 0 Å². The van der Waals surface area contributed by atoms with Gasteiger partial charge < -0.3 is 15.2 Å². The van der Waals surface area contributed by atoms with Crippen molar-refractivity contribution in [3.05, 3.63) is 24.9 Å². The number of rotatable bonds is 5. The van der Waals surface area contributed by atoms with Crippen molar-refractivity contribution >= 4 is 22.8 Å². The van der Waals surface area contributed by atoms with Crippen LogP contribution in [0, 0.1) is 0 Å². The Morgan fingerprint density at radius 2 is 2.32 bits per heavy atom. The minimum atomic E-state index is 0.557. The molecular formula is C11H14N8. The molecule has 0 bridgehead atoms. The molecule has 0 radical (unpaired) electrons. The molecule has 0 aliphatic rings. The fraction of sp³-hybridized carbons (Fsp3) is 0.273. The van der Waals surface area contributed by atoms with Crippen LogP contribution in [0.15, 0.2) is 24.9 Å². The Labute approximate surface area is 109 Å². The second kappa shape index (κ2) is 4.92. The van der Waals surface area contributed by atoms with E-state index in [4.69, 9.17) is 0 Å². The lowest BCUT2D eigenvalue weighted by Crippen LogP contribution is -2.11. The normalized spacial score (nSPS) is 10.8. The summed E-state index contributed by atoms with van der Waals surface area (Å²) in [5, 5.41) is 13.9. The lowest BCUT2D eigenvalue weighted by molar-refractivity contribution is 0.726. The van der Waals surface area contributed by atoms with Gasteiger partial charge in [-0.1, -0.05) is 0 Å². The van der Waals surface area contributed by atoms with Gasteiger partial charge in [-0.25, -0.2) is 4.98 Å². The van der Waals surface area contributed by atoms with Crippen LogP contribution in [0.3, 0.4) is 0 Å².